The summed E-state index contributed by atoms with van der Waals surface area (Å²) in [5, 5.41) is 6.87. The molecule has 0 aliphatic rings. The van der Waals surface area contributed by atoms with E-state index in [2.05, 4.69) is 15.6 Å². The monoisotopic (exact) mass is 521 g/mol. The van der Waals surface area contributed by atoms with E-state index < -0.39 is 6.04 Å². The summed E-state index contributed by atoms with van der Waals surface area (Å²) in [5.41, 5.74) is 3.78. The van der Waals surface area contributed by atoms with Crippen molar-refractivity contribution in [2.24, 2.45) is 0 Å². The fourth-order valence-electron chi connectivity index (χ4n) is 4.57. The molecular formula is C30H39N3O5. The van der Waals surface area contributed by atoms with Crippen LogP contribution in [-0.4, -0.2) is 49.4 Å². The van der Waals surface area contributed by atoms with Crippen LogP contribution in [0.4, 0.5) is 0 Å². The number of carbonyl (C=O) groups is 3. The molecule has 0 radical (unpaired) electrons. The smallest absolute Gasteiger partial charge is 0.242 e. The molecule has 38 heavy (non-hydrogen) atoms. The molecule has 1 heterocycles. The second kappa shape index (κ2) is 14.2. The number of benzene rings is 2. The molecule has 8 nitrogen and oxygen atoms in total. The average Bonchev–Trinajstić information content (AvgIpc) is 3.21. The number of aryl methyl sites for hydroxylation is 1. The summed E-state index contributed by atoms with van der Waals surface area (Å²) in [6, 6.07) is 12.8. The molecule has 0 bridgehead atoms. The van der Waals surface area contributed by atoms with Crippen molar-refractivity contribution < 1.29 is 23.9 Å². The van der Waals surface area contributed by atoms with Gasteiger partial charge in [0.05, 0.1) is 20.6 Å². The molecule has 0 fully saturated rings. The summed E-state index contributed by atoms with van der Waals surface area (Å²) < 4.78 is 10.6. The highest BCUT2D eigenvalue weighted by Gasteiger charge is 2.22. The van der Waals surface area contributed by atoms with E-state index in [-0.39, 0.29) is 24.0 Å². The number of rotatable bonds is 15. The van der Waals surface area contributed by atoms with Gasteiger partial charge >= 0.3 is 0 Å². The first kappa shape index (κ1) is 28.8. The van der Waals surface area contributed by atoms with Gasteiger partial charge in [0, 0.05) is 29.6 Å². The zero-order chi connectivity index (χ0) is 27.5. The molecular weight excluding hydrogens is 482 g/mol. The number of amides is 2. The molecule has 3 aromatic rings. The molecule has 3 rings (SSSR count). The molecule has 0 saturated carbocycles. The van der Waals surface area contributed by atoms with Crippen LogP contribution in [0.15, 0.2) is 42.5 Å². The van der Waals surface area contributed by atoms with Gasteiger partial charge in [-0.2, -0.15) is 0 Å². The Hall–Kier alpha value is -3.81. The number of ketones is 1. The molecule has 0 spiro atoms. The van der Waals surface area contributed by atoms with Crippen LogP contribution in [0.2, 0.25) is 0 Å². The highest BCUT2D eigenvalue weighted by atomic mass is 16.5. The molecule has 0 aliphatic heterocycles. The van der Waals surface area contributed by atoms with Gasteiger partial charge in [-0.15, -0.1) is 0 Å². The van der Waals surface area contributed by atoms with Crippen molar-refractivity contribution in [3.63, 3.8) is 0 Å². The van der Waals surface area contributed by atoms with Crippen LogP contribution < -0.4 is 20.1 Å². The van der Waals surface area contributed by atoms with Gasteiger partial charge in [-0.05, 0) is 74.6 Å². The maximum atomic E-state index is 13.1. The van der Waals surface area contributed by atoms with Gasteiger partial charge in [0.15, 0.2) is 0 Å². The number of nitrogens with one attached hydrogen (secondary N) is 3. The Bertz CT molecular complexity index is 1250. The van der Waals surface area contributed by atoms with Gasteiger partial charge in [0.2, 0.25) is 11.8 Å². The van der Waals surface area contributed by atoms with Crippen LogP contribution in [-0.2, 0) is 27.2 Å². The lowest BCUT2D eigenvalue weighted by Crippen LogP contribution is -2.47. The number of aromatic amines is 1. The van der Waals surface area contributed by atoms with E-state index in [1.54, 1.807) is 21.1 Å². The molecule has 1 aromatic heterocycles. The molecule has 3 N–H and O–H groups in total. The number of Topliss-reactive ketones (excluding diaryl/α,β-unsaturated/α-hetero) is 1. The topological polar surface area (TPSA) is 110 Å². The predicted octanol–water partition coefficient (Wildman–Crippen LogP) is 4.42. The lowest BCUT2D eigenvalue weighted by atomic mass is 10.0. The predicted molar refractivity (Wildman–Crippen MR) is 149 cm³/mol. The lowest BCUT2D eigenvalue weighted by Gasteiger charge is -2.19. The fourth-order valence-corrected chi connectivity index (χ4v) is 4.57. The number of fused-ring (bicyclic) bond motifs is 1. The highest BCUT2D eigenvalue weighted by Crippen LogP contribution is 2.27. The summed E-state index contributed by atoms with van der Waals surface area (Å²) in [6.45, 7) is 3.97. The lowest BCUT2D eigenvalue weighted by molar-refractivity contribution is -0.128. The largest absolute Gasteiger partial charge is 0.497 e. The summed E-state index contributed by atoms with van der Waals surface area (Å²) in [5.74, 6) is 1.24. The van der Waals surface area contributed by atoms with Gasteiger partial charge in [0.25, 0.3) is 0 Å². The number of unbranched alkanes of at least 4 members (excludes halogenated alkanes) is 2. The normalized spacial score (nSPS) is 11.7. The Morgan fingerprint density at radius 1 is 0.974 bits per heavy atom. The first-order valence-corrected chi connectivity index (χ1v) is 13.1. The van der Waals surface area contributed by atoms with Gasteiger partial charge in [-0.1, -0.05) is 25.0 Å². The molecule has 0 aliphatic carbocycles. The Balaban J connectivity index is 1.63. The molecule has 2 amide bonds. The first-order valence-electron chi connectivity index (χ1n) is 13.1. The minimum absolute atomic E-state index is 0.150. The zero-order valence-electron chi connectivity index (χ0n) is 22.8. The second-order valence-corrected chi connectivity index (χ2v) is 9.63. The van der Waals surface area contributed by atoms with Crippen LogP contribution in [0.3, 0.4) is 0 Å². The van der Waals surface area contributed by atoms with Gasteiger partial charge in [0.1, 0.15) is 23.3 Å². The molecule has 8 heteroatoms. The van der Waals surface area contributed by atoms with E-state index in [1.807, 2.05) is 49.4 Å². The number of H-pyrrole nitrogens is 1. The van der Waals surface area contributed by atoms with Crippen LogP contribution in [0, 0.1) is 6.92 Å². The summed E-state index contributed by atoms with van der Waals surface area (Å²) in [6.07, 6.45) is 4.19. The number of aromatic nitrogens is 1. The van der Waals surface area contributed by atoms with Gasteiger partial charge in [-0.3, -0.25) is 9.59 Å². The Morgan fingerprint density at radius 2 is 1.74 bits per heavy atom. The van der Waals surface area contributed by atoms with Crippen molar-refractivity contribution >= 4 is 28.5 Å². The number of hydrogen-bond donors (Lipinski definition) is 3. The summed E-state index contributed by atoms with van der Waals surface area (Å²) >= 11 is 0. The van der Waals surface area contributed by atoms with Gasteiger partial charge < -0.3 is 29.9 Å². The van der Waals surface area contributed by atoms with Crippen LogP contribution in [0.25, 0.3) is 10.9 Å². The van der Waals surface area contributed by atoms with Crippen molar-refractivity contribution in [2.45, 2.75) is 64.8 Å². The van der Waals surface area contributed by atoms with Crippen molar-refractivity contribution in [2.75, 3.05) is 20.8 Å². The SMILES string of the molecule is COc1cccc(CCNC(=O)C(CCCCCC(C)=O)NC(=O)Cc2c(C)[nH]c3ccc(OC)cc23)c1. The third kappa shape index (κ3) is 8.36. The van der Waals surface area contributed by atoms with E-state index in [9.17, 15) is 14.4 Å². The van der Waals surface area contributed by atoms with Crippen LogP contribution in [0.5, 0.6) is 11.5 Å². The maximum Gasteiger partial charge on any atom is 0.242 e. The van der Waals surface area contributed by atoms with Gasteiger partial charge in [-0.25, -0.2) is 0 Å². The third-order valence-corrected chi connectivity index (χ3v) is 6.68. The number of methoxy groups -OCH3 is 2. The highest BCUT2D eigenvalue weighted by molar-refractivity contribution is 5.93. The standard InChI is InChI=1S/C30H39N3O5/c1-20(34)9-6-5-7-12-28(30(36)31-16-15-22-10-8-11-23(17-22)37-3)33-29(35)19-25-21(2)32-27-14-13-24(38-4)18-26(25)27/h8,10-11,13-14,17-18,28,32H,5-7,9,12,15-16,19H2,1-4H3,(H,31,36)(H,33,35). The zero-order valence-corrected chi connectivity index (χ0v) is 22.8. The Labute approximate surface area is 224 Å². The van der Waals surface area contributed by atoms with Crippen LogP contribution >= 0.6 is 0 Å². The number of ether oxygens (including phenoxy) is 2. The summed E-state index contributed by atoms with van der Waals surface area (Å²) in [7, 11) is 3.24. The molecule has 1 atom stereocenters. The minimum atomic E-state index is -0.648. The van der Waals surface area contributed by atoms with E-state index in [0.29, 0.717) is 25.8 Å². The molecule has 204 valence electrons. The first-order chi connectivity index (χ1) is 18.3. The van der Waals surface area contributed by atoms with E-state index in [1.165, 1.54) is 0 Å². The Kier molecular flexibility index (Phi) is 10.8. The number of carbonyl (C=O) groups excluding carboxylic acids is 3. The van der Waals surface area contributed by atoms with Crippen molar-refractivity contribution in [1.82, 2.24) is 15.6 Å². The molecule has 1 unspecified atom stereocenters. The van der Waals surface area contributed by atoms with E-state index in [4.69, 9.17) is 9.47 Å². The summed E-state index contributed by atoms with van der Waals surface area (Å²) in [4.78, 5) is 40.8. The molecule has 2 aromatic carbocycles. The van der Waals surface area contributed by atoms with E-state index in [0.717, 1.165) is 58.5 Å². The van der Waals surface area contributed by atoms with Crippen molar-refractivity contribution in [1.29, 1.82) is 0 Å². The maximum absolute atomic E-state index is 13.1. The van der Waals surface area contributed by atoms with Crippen LogP contribution in [0.1, 0.15) is 55.8 Å². The third-order valence-electron chi connectivity index (χ3n) is 6.68. The Morgan fingerprint density at radius 3 is 2.47 bits per heavy atom. The fraction of sp³-hybridized carbons (Fsp3) is 0.433. The quantitative estimate of drug-likeness (QED) is 0.257. The van der Waals surface area contributed by atoms with E-state index >= 15 is 0 Å². The minimum Gasteiger partial charge on any atom is -0.497 e. The van der Waals surface area contributed by atoms with Crippen molar-refractivity contribution in [3.05, 3.63) is 59.3 Å². The number of hydrogen-bond acceptors (Lipinski definition) is 5. The molecule has 0 saturated heterocycles. The second-order valence-electron chi connectivity index (χ2n) is 9.63. The average molecular weight is 522 g/mol. The van der Waals surface area contributed by atoms with Crippen molar-refractivity contribution in [3.8, 4) is 11.5 Å².